The summed E-state index contributed by atoms with van der Waals surface area (Å²) in [6.07, 6.45) is 3.66. The van der Waals surface area contributed by atoms with E-state index in [2.05, 4.69) is 15.3 Å². The first-order chi connectivity index (χ1) is 16.7. The van der Waals surface area contributed by atoms with E-state index in [1.165, 1.54) is 0 Å². The van der Waals surface area contributed by atoms with E-state index in [1.54, 1.807) is 29.6 Å². The highest BCUT2D eigenvalue weighted by Crippen LogP contribution is 2.37. The number of para-hydroxylation sites is 2. The minimum absolute atomic E-state index is 0.0856. The van der Waals surface area contributed by atoms with Crippen LogP contribution in [0.15, 0.2) is 67.1 Å². The molecule has 1 unspecified atom stereocenters. The SMILES string of the molecule is O=C(NCc1ccc(-n2cnc3ccccc32)nc1)C1CC(=O)N(c2ccc3c(c2)OCO3)C1. The Morgan fingerprint density at radius 2 is 1.94 bits per heavy atom. The van der Waals surface area contributed by atoms with Crippen molar-refractivity contribution < 1.29 is 19.1 Å². The third-order valence-corrected chi connectivity index (χ3v) is 6.14. The molecule has 4 heterocycles. The number of aromatic nitrogens is 3. The average molecular weight is 455 g/mol. The molecule has 170 valence electrons. The molecule has 4 aromatic rings. The number of carbonyl (C=O) groups is 2. The lowest BCUT2D eigenvalue weighted by Gasteiger charge is -2.17. The third kappa shape index (κ3) is 3.61. The Bertz CT molecular complexity index is 1400. The quantitative estimate of drug-likeness (QED) is 0.497. The number of benzene rings is 2. The molecule has 9 heteroatoms. The van der Waals surface area contributed by atoms with E-state index in [-0.39, 0.29) is 25.0 Å². The van der Waals surface area contributed by atoms with E-state index in [9.17, 15) is 9.59 Å². The first-order valence-electron chi connectivity index (χ1n) is 11.0. The number of pyridine rings is 1. The topological polar surface area (TPSA) is 98.6 Å². The Morgan fingerprint density at radius 3 is 2.82 bits per heavy atom. The Labute approximate surface area is 194 Å². The number of anilines is 1. The van der Waals surface area contributed by atoms with Gasteiger partial charge in [0, 0.05) is 37.5 Å². The molecule has 1 saturated heterocycles. The molecule has 34 heavy (non-hydrogen) atoms. The lowest BCUT2D eigenvalue weighted by molar-refractivity contribution is -0.126. The van der Waals surface area contributed by atoms with Crippen LogP contribution in [0.3, 0.4) is 0 Å². The van der Waals surface area contributed by atoms with Gasteiger partial charge in [-0.3, -0.25) is 14.2 Å². The van der Waals surface area contributed by atoms with E-state index in [0.717, 1.165) is 22.4 Å². The average Bonchev–Trinajstić information content (AvgIpc) is 3.60. The lowest BCUT2D eigenvalue weighted by atomic mass is 10.1. The van der Waals surface area contributed by atoms with Crippen LogP contribution in [0.25, 0.3) is 16.9 Å². The number of hydrogen-bond acceptors (Lipinski definition) is 6. The second kappa shape index (κ2) is 8.18. The van der Waals surface area contributed by atoms with Gasteiger partial charge in [0.05, 0.1) is 17.0 Å². The minimum atomic E-state index is -0.414. The van der Waals surface area contributed by atoms with Crippen molar-refractivity contribution in [2.24, 2.45) is 5.92 Å². The van der Waals surface area contributed by atoms with Crippen LogP contribution in [-0.2, 0) is 16.1 Å². The smallest absolute Gasteiger partial charge is 0.231 e. The minimum Gasteiger partial charge on any atom is -0.454 e. The maximum Gasteiger partial charge on any atom is 0.231 e. The van der Waals surface area contributed by atoms with Gasteiger partial charge < -0.3 is 19.7 Å². The van der Waals surface area contributed by atoms with E-state index in [1.807, 2.05) is 47.0 Å². The summed E-state index contributed by atoms with van der Waals surface area (Å²) in [5.41, 5.74) is 3.46. The number of carbonyl (C=O) groups excluding carboxylic acids is 2. The molecule has 6 rings (SSSR count). The van der Waals surface area contributed by atoms with Crippen LogP contribution in [-0.4, -0.2) is 39.7 Å². The van der Waals surface area contributed by atoms with Crippen LogP contribution in [0.1, 0.15) is 12.0 Å². The number of amides is 2. The monoisotopic (exact) mass is 455 g/mol. The van der Waals surface area contributed by atoms with Gasteiger partial charge in [-0.05, 0) is 35.9 Å². The van der Waals surface area contributed by atoms with Crippen LogP contribution in [0.4, 0.5) is 5.69 Å². The highest BCUT2D eigenvalue weighted by atomic mass is 16.7. The summed E-state index contributed by atoms with van der Waals surface area (Å²) in [4.78, 5) is 35.9. The Kier molecular flexibility index (Phi) is 4.87. The normalized spacial score (nSPS) is 16.9. The molecule has 1 fully saturated rings. The molecule has 0 saturated carbocycles. The Hall–Kier alpha value is -4.40. The third-order valence-electron chi connectivity index (χ3n) is 6.14. The zero-order valence-electron chi connectivity index (χ0n) is 18.2. The number of fused-ring (bicyclic) bond motifs is 2. The molecule has 2 aromatic carbocycles. The molecule has 0 bridgehead atoms. The van der Waals surface area contributed by atoms with Gasteiger partial charge in [-0.2, -0.15) is 0 Å². The molecule has 0 radical (unpaired) electrons. The molecule has 2 amide bonds. The van der Waals surface area contributed by atoms with Gasteiger partial charge in [-0.15, -0.1) is 0 Å². The zero-order chi connectivity index (χ0) is 23.1. The summed E-state index contributed by atoms with van der Waals surface area (Å²) in [5.74, 6) is 1.37. The first-order valence-corrected chi connectivity index (χ1v) is 11.0. The molecule has 9 nitrogen and oxygen atoms in total. The van der Waals surface area contributed by atoms with Crippen molar-refractivity contribution in [1.82, 2.24) is 19.9 Å². The van der Waals surface area contributed by atoms with Crippen molar-refractivity contribution in [3.63, 3.8) is 0 Å². The van der Waals surface area contributed by atoms with Gasteiger partial charge in [-0.25, -0.2) is 9.97 Å². The first kappa shape index (κ1) is 20.2. The van der Waals surface area contributed by atoms with Gasteiger partial charge in [0.1, 0.15) is 12.1 Å². The van der Waals surface area contributed by atoms with Crippen molar-refractivity contribution in [3.8, 4) is 17.3 Å². The second-order valence-corrected chi connectivity index (χ2v) is 8.29. The molecule has 2 aliphatic heterocycles. The molecular formula is C25H21N5O4. The molecule has 2 aliphatic rings. The largest absolute Gasteiger partial charge is 0.454 e. The van der Waals surface area contributed by atoms with Crippen molar-refractivity contribution in [3.05, 3.63) is 72.7 Å². The molecular weight excluding hydrogens is 434 g/mol. The number of hydrogen-bond donors (Lipinski definition) is 1. The van der Waals surface area contributed by atoms with Crippen molar-refractivity contribution in [1.29, 1.82) is 0 Å². The summed E-state index contributed by atoms with van der Waals surface area (Å²) in [7, 11) is 0. The highest BCUT2D eigenvalue weighted by Gasteiger charge is 2.35. The molecule has 1 N–H and O–H groups in total. The standard InChI is InChI=1S/C25H21N5O4/c31-24-9-17(13-29(24)18-6-7-21-22(10-18)34-15-33-21)25(32)27-12-16-5-8-23(26-11-16)30-14-28-19-3-1-2-4-20(19)30/h1-8,10-11,14,17H,9,12-13,15H2,(H,27,32). The summed E-state index contributed by atoms with van der Waals surface area (Å²) < 4.78 is 12.6. The second-order valence-electron chi connectivity index (χ2n) is 8.29. The molecule has 0 aliphatic carbocycles. The van der Waals surface area contributed by atoms with Crippen LogP contribution < -0.4 is 19.7 Å². The van der Waals surface area contributed by atoms with Gasteiger partial charge in [0.2, 0.25) is 18.6 Å². The maximum absolute atomic E-state index is 12.8. The summed E-state index contributed by atoms with van der Waals surface area (Å²) in [5, 5.41) is 2.94. The fourth-order valence-electron chi connectivity index (χ4n) is 4.32. The van der Waals surface area contributed by atoms with Crippen LogP contribution in [0.5, 0.6) is 11.5 Å². The van der Waals surface area contributed by atoms with Crippen LogP contribution in [0, 0.1) is 5.92 Å². The molecule has 2 aromatic heterocycles. The van der Waals surface area contributed by atoms with E-state index >= 15 is 0 Å². The lowest BCUT2D eigenvalue weighted by Crippen LogP contribution is -2.32. The number of nitrogens with zero attached hydrogens (tertiary/aromatic N) is 4. The fourth-order valence-corrected chi connectivity index (χ4v) is 4.32. The van der Waals surface area contributed by atoms with Gasteiger partial charge in [-0.1, -0.05) is 18.2 Å². The van der Waals surface area contributed by atoms with Crippen molar-refractivity contribution >= 4 is 28.5 Å². The highest BCUT2D eigenvalue weighted by molar-refractivity contribution is 6.00. The van der Waals surface area contributed by atoms with Gasteiger partial charge in [0.15, 0.2) is 11.5 Å². The Morgan fingerprint density at radius 1 is 1.06 bits per heavy atom. The van der Waals surface area contributed by atoms with E-state index in [4.69, 9.17) is 9.47 Å². The molecule has 1 atom stereocenters. The van der Waals surface area contributed by atoms with Gasteiger partial charge in [0.25, 0.3) is 0 Å². The number of rotatable bonds is 5. The van der Waals surface area contributed by atoms with Crippen LogP contribution in [0.2, 0.25) is 0 Å². The predicted molar refractivity (Wildman–Crippen MR) is 124 cm³/mol. The number of imidazole rings is 1. The fraction of sp³-hybridized carbons (Fsp3) is 0.200. The predicted octanol–water partition coefficient (Wildman–Crippen LogP) is 2.82. The van der Waals surface area contributed by atoms with Crippen LogP contribution >= 0.6 is 0 Å². The summed E-state index contributed by atoms with van der Waals surface area (Å²) in [6.45, 7) is 0.840. The number of ether oxygens (including phenoxy) is 2. The zero-order valence-corrected chi connectivity index (χ0v) is 18.2. The summed E-state index contributed by atoms with van der Waals surface area (Å²) >= 11 is 0. The summed E-state index contributed by atoms with van der Waals surface area (Å²) in [6, 6.07) is 17.1. The van der Waals surface area contributed by atoms with Crippen molar-refractivity contribution in [2.75, 3.05) is 18.2 Å². The Balaban J connectivity index is 1.09. The maximum atomic E-state index is 12.8. The molecule has 0 spiro atoms. The van der Waals surface area contributed by atoms with Crippen molar-refractivity contribution in [2.45, 2.75) is 13.0 Å². The van der Waals surface area contributed by atoms with E-state index in [0.29, 0.717) is 30.3 Å². The van der Waals surface area contributed by atoms with E-state index < -0.39 is 5.92 Å². The number of nitrogens with one attached hydrogen (secondary N) is 1. The van der Waals surface area contributed by atoms with Gasteiger partial charge >= 0.3 is 0 Å².